The van der Waals surface area contributed by atoms with Crippen molar-refractivity contribution >= 4 is 0 Å². The predicted molar refractivity (Wildman–Crippen MR) is 83.3 cm³/mol. The van der Waals surface area contributed by atoms with E-state index in [9.17, 15) is 13.2 Å². The number of hydrogen-bond acceptors (Lipinski definition) is 3. The number of aryl methyl sites for hydroxylation is 1. The zero-order chi connectivity index (χ0) is 17.2. The maximum Gasteiger partial charge on any atom is 0.406 e. The molecule has 1 aliphatic rings. The third kappa shape index (κ3) is 4.37. The highest BCUT2D eigenvalue weighted by molar-refractivity contribution is 5.00. The molecular formula is C16H22F3N5. The maximum absolute atomic E-state index is 12.7. The molecule has 3 rings (SSSR count). The van der Waals surface area contributed by atoms with Crippen LogP contribution in [0, 0.1) is 6.92 Å². The van der Waals surface area contributed by atoms with Gasteiger partial charge in [-0.15, -0.1) is 0 Å². The van der Waals surface area contributed by atoms with Crippen LogP contribution in [0.25, 0.3) is 0 Å². The van der Waals surface area contributed by atoms with Gasteiger partial charge in [0, 0.05) is 24.6 Å². The van der Waals surface area contributed by atoms with E-state index < -0.39 is 12.7 Å². The smallest absolute Gasteiger partial charge is 0.325 e. The lowest BCUT2D eigenvalue weighted by molar-refractivity contribution is -0.141. The number of piperidine rings is 1. The van der Waals surface area contributed by atoms with Gasteiger partial charge in [-0.25, -0.2) is 4.98 Å². The summed E-state index contributed by atoms with van der Waals surface area (Å²) in [5.41, 5.74) is 1.11. The number of nitrogens with zero attached hydrogens (tertiary/aromatic N) is 5. The van der Waals surface area contributed by atoms with Crippen molar-refractivity contribution in [1.82, 2.24) is 24.2 Å². The Morgan fingerprint density at radius 1 is 1.29 bits per heavy atom. The van der Waals surface area contributed by atoms with E-state index in [0.717, 1.165) is 37.9 Å². The van der Waals surface area contributed by atoms with Gasteiger partial charge in [0.1, 0.15) is 12.4 Å². The van der Waals surface area contributed by atoms with Crippen LogP contribution >= 0.6 is 0 Å². The first-order valence-electron chi connectivity index (χ1n) is 8.20. The molecule has 0 N–H and O–H groups in total. The first-order chi connectivity index (χ1) is 11.4. The van der Waals surface area contributed by atoms with Gasteiger partial charge in [0.15, 0.2) is 0 Å². The summed E-state index contributed by atoms with van der Waals surface area (Å²) in [6, 6.07) is 0.272. The van der Waals surface area contributed by atoms with Gasteiger partial charge in [-0.2, -0.15) is 18.3 Å². The van der Waals surface area contributed by atoms with Gasteiger partial charge in [-0.3, -0.25) is 9.58 Å². The molecule has 0 bridgehead atoms. The summed E-state index contributed by atoms with van der Waals surface area (Å²) in [6.45, 7) is 3.08. The molecule has 1 aliphatic heterocycles. The molecule has 0 amide bonds. The van der Waals surface area contributed by atoms with Crippen molar-refractivity contribution in [3.05, 3.63) is 36.2 Å². The van der Waals surface area contributed by atoms with Crippen LogP contribution in [0.4, 0.5) is 13.2 Å². The molecule has 5 nitrogen and oxygen atoms in total. The minimum absolute atomic E-state index is 0.272. The zero-order valence-electron chi connectivity index (χ0n) is 13.7. The Morgan fingerprint density at radius 2 is 2.12 bits per heavy atom. The third-order valence-corrected chi connectivity index (χ3v) is 4.41. The van der Waals surface area contributed by atoms with Gasteiger partial charge in [0.2, 0.25) is 0 Å². The summed E-state index contributed by atoms with van der Waals surface area (Å²) in [5.74, 6) is 0.468. The second kappa shape index (κ2) is 6.96. The quantitative estimate of drug-likeness (QED) is 0.839. The molecule has 0 aliphatic carbocycles. The van der Waals surface area contributed by atoms with Crippen LogP contribution in [0.15, 0.2) is 24.8 Å². The number of likely N-dealkylation sites (tertiary alicyclic amines) is 1. The molecule has 0 aromatic carbocycles. The Morgan fingerprint density at radius 3 is 2.83 bits per heavy atom. The molecule has 24 heavy (non-hydrogen) atoms. The van der Waals surface area contributed by atoms with Gasteiger partial charge < -0.3 is 4.57 Å². The van der Waals surface area contributed by atoms with E-state index in [1.165, 1.54) is 17.0 Å². The number of halogens is 3. The summed E-state index contributed by atoms with van der Waals surface area (Å²) in [4.78, 5) is 6.37. The lowest BCUT2D eigenvalue weighted by Gasteiger charge is -2.35. The molecule has 1 atom stereocenters. The number of rotatable bonds is 5. The van der Waals surface area contributed by atoms with E-state index in [0.29, 0.717) is 12.4 Å². The Balaban J connectivity index is 1.69. The number of hydrogen-bond donors (Lipinski definition) is 0. The monoisotopic (exact) mass is 341 g/mol. The average molecular weight is 341 g/mol. The number of alkyl halides is 3. The molecule has 8 heteroatoms. The van der Waals surface area contributed by atoms with Crippen LogP contribution in [0.2, 0.25) is 0 Å². The maximum atomic E-state index is 12.7. The van der Waals surface area contributed by atoms with E-state index in [4.69, 9.17) is 0 Å². The first-order valence-corrected chi connectivity index (χ1v) is 8.20. The van der Waals surface area contributed by atoms with Gasteiger partial charge in [-0.05, 0) is 31.9 Å². The molecule has 2 aromatic heterocycles. The van der Waals surface area contributed by atoms with Crippen LogP contribution in [-0.4, -0.2) is 43.0 Å². The molecule has 0 spiro atoms. The van der Waals surface area contributed by atoms with E-state index >= 15 is 0 Å². The molecule has 0 saturated carbocycles. The number of imidazole rings is 1. The summed E-state index contributed by atoms with van der Waals surface area (Å²) >= 11 is 0. The fourth-order valence-electron chi connectivity index (χ4n) is 3.27. The third-order valence-electron chi connectivity index (χ3n) is 4.41. The molecule has 1 saturated heterocycles. The van der Waals surface area contributed by atoms with E-state index in [2.05, 4.69) is 15.0 Å². The lowest BCUT2D eigenvalue weighted by atomic mass is 10.0. The highest BCUT2D eigenvalue weighted by Crippen LogP contribution is 2.22. The first kappa shape index (κ1) is 17.0. The lowest BCUT2D eigenvalue weighted by Crippen LogP contribution is -2.42. The average Bonchev–Trinajstić information content (AvgIpc) is 3.09. The van der Waals surface area contributed by atoms with Gasteiger partial charge in [0.05, 0.1) is 19.3 Å². The summed E-state index contributed by atoms with van der Waals surface area (Å²) in [5, 5.41) is 4.33. The van der Waals surface area contributed by atoms with Crippen LogP contribution < -0.4 is 0 Å². The van der Waals surface area contributed by atoms with E-state index in [-0.39, 0.29) is 6.04 Å². The molecule has 1 fully saturated rings. The van der Waals surface area contributed by atoms with Crippen LogP contribution in [0.5, 0.6) is 0 Å². The van der Waals surface area contributed by atoms with Crippen molar-refractivity contribution < 1.29 is 13.2 Å². The molecule has 3 heterocycles. The van der Waals surface area contributed by atoms with Crippen molar-refractivity contribution in [2.24, 2.45) is 0 Å². The largest absolute Gasteiger partial charge is 0.406 e. The normalized spacial score (nSPS) is 19.8. The SMILES string of the molecule is Cc1cnn(C[C@H]2CCCCN2Cc2nccn2CC(F)(F)F)c1. The van der Waals surface area contributed by atoms with Gasteiger partial charge in [0.25, 0.3) is 0 Å². The highest BCUT2D eigenvalue weighted by atomic mass is 19.4. The Bertz CT molecular complexity index is 661. The van der Waals surface area contributed by atoms with Crippen molar-refractivity contribution in [3.8, 4) is 0 Å². The minimum atomic E-state index is -4.23. The molecular weight excluding hydrogens is 319 g/mol. The molecule has 0 radical (unpaired) electrons. The van der Waals surface area contributed by atoms with Crippen molar-refractivity contribution in [3.63, 3.8) is 0 Å². The number of aromatic nitrogens is 4. The topological polar surface area (TPSA) is 38.9 Å². The standard InChI is InChI=1S/C16H22F3N5/c1-13-8-21-24(9-13)10-14-4-2-3-6-22(14)11-15-20-5-7-23(15)12-16(17,18)19/h5,7-9,14H,2-4,6,10-12H2,1H3/t14-/m1/s1. The van der Waals surface area contributed by atoms with Gasteiger partial charge in [-0.1, -0.05) is 6.42 Å². The Kier molecular flexibility index (Phi) is 4.93. The zero-order valence-corrected chi connectivity index (χ0v) is 13.7. The predicted octanol–water partition coefficient (Wildman–Crippen LogP) is 3.01. The summed E-state index contributed by atoms with van der Waals surface area (Å²) < 4.78 is 41.1. The van der Waals surface area contributed by atoms with E-state index in [1.54, 1.807) is 0 Å². The summed E-state index contributed by atoms with van der Waals surface area (Å²) in [7, 11) is 0. The minimum Gasteiger partial charge on any atom is -0.325 e. The van der Waals surface area contributed by atoms with Gasteiger partial charge >= 0.3 is 6.18 Å². The van der Waals surface area contributed by atoms with E-state index in [1.807, 2.05) is 24.0 Å². The fraction of sp³-hybridized carbons (Fsp3) is 0.625. The highest BCUT2D eigenvalue weighted by Gasteiger charge is 2.30. The van der Waals surface area contributed by atoms with Crippen molar-refractivity contribution in [2.45, 2.75) is 58.0 Å². The van der Waals surface area contributed by atoms with Crippen LogP contribution in [0.3, 0.4) is 0 Å². The molecule has 132 valence electrons. The molecule has 2 aromatic rings. The summed E-state index contributed by atoms with van der Waals surface area (Å²) in [6.07, 6.45) is 5.66. The van der Waals surface area contributed by atoms with Crippen LogP contribution in [0.1, 0.15) is 30.7 Å². The second-order valence-electron chi connectivity index (χ2n) is 6.45. The van der Waals surface area contributed by atoms with Crippen molar-refractivity contribution in [2.75, 3.05) is 6.54 Å². The van der Waals surface area contributed by atoms with Crippen LogP contribution in [-0.2, 0) is 19.6 Å². The Labute approximate surface area is 139 Å². The van der Waals surface area contributed by atoms with Crippen molar-refractivity contribution in [1.29, 1.82) is 0 Å². The molecule has 0 unspecified atom stereocenters. The second-order valence-corrected chi connectivity index (χ2v) is 6.45. The Hall–Kier alpha value is -1.83. The fourth-order valence-corrected chi connectivity index (χ4v) is 3.27.